The van der Waals surface area contributed by atoms with Crippen LogP contribution in [0.2, 0.25) is 0 Å². The quantitative estimate of drug-likeness (QED) is 0.443. The Hall–Kier alpha value is -4.26. The van der Waals surface area contributed by atoms with Crippen LogP contribution in [0, 0.1) is 24.2 Å². The normalized spacial score (nSPS) is 22.3. The van der Waals surface area contributed by atoms with Crippen molar-refractivity contribution in [3.8, 4) is 0 Å². The molecule has 42 heavy (non-hydrogen) atoms. The lowest BCUT2D eigenvalue weighted by atomic mass is 9.80. The van der Waals surface area contributed by atoms with Crippen LogP contribution in [0.1, 0.15) is 61.9 Å². The maximum Gasteiger partial charge on any atom is 0.302 e. The zero-order chi connectivity index (χ0) is 30.2. The SMILES string of the molecule is [C-]#[N+][C@@H]1C[C@@]2(CN1C(=O)[C@H](CC(C)C)N(C)C(=O)[C@H](CC1CC1)NC(=O)c1ccc(F)cc1)C(=O)Nc1ccccc12. The summed E-state index contributed by atoms with van der Waals surface area (Å²) in [7, 11) is 1.56. The topological polar surface area (TPSA) is 103 Å². The second-order valence-corrected chi connectivity index (χ2v) is 12.2. The van der Waals surface area contributed by atoms with Crippen LogP contribution >= 0.6 is 0 Å². The number of anilines is 1. The molecule has 5 rings (SSSR count). The summed E-state index contributed by atoms with van der Waals surface area (Å²) < 4.78 is 13.4. The van der Waals surface area contributed by atoms with Gasteiger partial charge in [0.25, 0.3) is 11.8 Å². The van der Waals surface area contributed by atoms with Gasteiger partial charge in [0.05, 0.1) is 6.42 Å². The van der Waals surface area contributed by atoms with Gasteiger partial charge in [-0.05, 0) is 60.6 Å². The van der Waals surface area contributed by atoms with E-state index in [1.807, 2.05) is 38.1 Å². The van der Waals surface area contributed by atoms with Crippen LogP contribution in [0.25, 0.3) is 4.85 Å². The van der Waals surface area contributed by atoms with Gasteiger partial charge in [-0.15, -0.1) is 0 Å². The molecule has 0 radical (unpaired) electrons. The number of amides is 4. The molecule has 1 spiro atoms. The zero-order valence-electron chi connectivity index (χ0n) is 24.1. The first-order chi connectivity index (χ1) is 20.0. The molecular weight excluding hydrogens is 537 g/mol. The number of nitrogens with one attached hydrogen (secondary N) is 2. The molecule has 9 nitrogen and oxygen atoms in total. The van der Waals surface area contributed by atoms with Crippen molar-refractivity contribution in [1.82, 2.24) is 15.1 Å². The standard InChI is InChI=1S/C32H36FN5O4/c1-19(2)15-26(30(41)38-18-32(17-27(38)34-3)23-7-5-6-8-24(23)36-31(32)42)37(4)29(40)25(16-20-9-10-20)35-28(39)21-11-13-22(33)14-12-21/h5-8,11-14,19-20,25-27H,9-10,15-18H2,1-2,4H3,(H,35,39)(H,36,42)/t25-,26-,27-,32-/m0/s1. The molecule has 2 aliphatic heterocycles. The molecular formula is C32H36FN5O4. The van der Waals surface area contributed by atoms with Gasteiger partial charge in [-0.1, -0.05) is 44.9 Å². The summed E-state index contributed by atoms with van der Waals surface area (Å²) >= 11 is 0. The van der Waals surface area contributed by atoms with Gasteiger partial charge < -0.3 is 15.5 Å². The smallest absolute Gasteiger partial charge is 0.302 e. The number of carbonyl (C=O) groups excluding carboxylic acids is 4. The Kier molecular flexibility index (Phi) is 8.04. The number of carbonyl (C=O) groups is 4. The Morgan fingerprint density at radius 3 is 2.50 bits per heavy atom. The molecule has 2 aromatic carbocycles. The predicted molar refractivity (Wildman–Crippen MR) is 154 cm³/mol. The van der Waals surface area contributed by atoms with Crippen LogP contribution in [0.5, 0.6) is 0 Å². The van der Waals surface area contributed by atoms with E-state index in [0.717, 1.165) is 18.4 Å². The third kappa shape index (κ3) is 5.60. The molecule has 4 amide bonds. The fourth-order valence-electron chi connectivity index (χ4n) is 6.17. The van der Waals surface area contributed by atoms with Crippen LogP contribution < -0.4 is 10.6 Å². The van der Waals surface area contributed by atoms with Crippen molar-refractivity contribution >= 4 is 29.3 Å². The number of benzene rings is 2. The van der Waals surface area contributed by atoms with Gasteiger partial charge in [0.1, 0.15) is 23.3 Å². The average molecular weight is 574 g/mol. The number of para-hydroxylation sites is 1. The van der Waals surface area contributed by atoms with Crippen molar-refractivity contribution in [2.24, 2.45) is 11.8 Å². The highest BCUT2D eigenvalue weighted by Gasteiger charge is 2.59. The summed E-state index contributed by atoms with van der Waals surface area (Å²) in [6.07, 6.45) is 2.02. The molecule has 1 aliphatic carbocycles. The van der Waals surface area contributed by atoms with Crippen molar-refractivity contribution in [2.45, 2.75) is 69.6 Å². The molecule has 2 fully saturated rings. The monoisotopic (exact) mass is 573 g/mol. The van der Waals surface area contributed by atoms with Crippen molar-refractivity contribution in [3.63, 3.8) is 0 Å². The maximum atomic E-state index is 14.2. The van der Waals surface area contributed by atoms with E-state index in [0.29, 0.717) is 24.4 Å². The number of likely N-dealkylation sites (N-methyl/N-ethyl adjacent to an activating group) is 1. The Labute approximate surface area is 245 Å². The fourth-order valence-corrected chi connectivity index (χ4v) is 6.17. The predicted octanol–water partition coefficient (Wildman–Crippen LogP) is 3.97. The van der Waals surface area contributed by atoms with Gasteiger partial charge in [-0.3, -0.25) is 28.9 Å². The van der Waals surface area contributed by atoms with Crippen molar-refractivity contribution in [3.05, 3.63) is 76.9 Å². The van der Waals surface area contributed by atoms with Crippen LogP contribution in [-0.2, 0) is 19.8 Å². The molecule has 4 atom stereocenters. The molecule has 3 aliphatic rings. The van der Waals surface area contributed by atoms with Crippen molar-refractivity contribution in [1.29, 1.82) is 0 Å². The second kappa shape index (κ2) is 11.6. The first kappa shape index (κ1) is 29.2. The summed E-state index contributed by atoms with van der Waals surface area (Å²) in [5, 5.41) is 5.72. The molecule has 1 saturated carbocycles. The molecule has 2 heterocycles. The molecule has 0 unspecified atom stereocenters. The minimum Gasteiger partial charge on any atom is -0.340 e. The molecule has 2 N–H and O–H groups in total. The number of likely N-dealkylation sites (tertiary alicyclic amines) is 1. The van der Waals surface area contributed by atoms with E-state index in [1.54, 1.807) is 7.05 Å². The van der Waals surface area contributed by atoms with E-state index >= 15 is 0 Å². The van der Waals surface area contributed by atoms with Crippen LogP contribution in [0.3, 0.4) is 0 Å². The van der Waals surface area contributed by atoms with Crippen LogP contribution in [-0.4, -0.2) is 65.3 Å². The van der Waals surface area contributed by atoms with E-state index < -0.39 is 41.3 Å². The first-order valence-electron chi connectivity index (χ1n) is 14.4. The Balaban J connectivity index is 1.39. The van der Waals surface area contributed by atoms with Crippen molar-refractivity contribution < 1.29 is 23.6 Å². The van der Waals surface area contributed by atoms with E-state index in [4.69, 9.17) is 6.57 Å². The molecule has 10 heteroatoms. The highest BCUT2D eigenvalue weighted by atomic mass is 19.1. The van der Waals surface area contributed by atoms with Crippen LogP contribution in [0.4, 0.5) is 10.1 Å². The third-order valence-corrected chi connectivity index (χ3v) is 8.66. The minimum absolute atomic E-state index is 0.0448. The number of fused-ring (bicyclic) bond motifs is 2. The summed E-state index contributed by atoms with van der Waals surface area (Å²) in [6, 6.07) is 10.7. The van der Waals surface area contributed by atoms with Gasteiger partial charge in [0.15, 0.2) is 0 Å². The van der Waals surface area contributed by atoms with Crippen LogP contribution in [0.15, 0.2) is 48.5 Å². The largest absolute Gasteiger partial charge is 0.340 e. The number of rotatable bonds is 9. The maximum absolute atomic E-state index is 14.2. The number of hydrogen-bond acceptors (Lipinski definition) is 4. The third-order valence-electron chi connectivity index (χ3n) is 8.66. The van der Waals surface area contributed by atoms with Gasteiger partial charge in [-0.25, -0.2) is 11.0 Å². The van der Waals surface area contributed by atoms with Gasteiger partial charge in [0.2, 0.25) is 11.8 Å². The average Bonchev–Trinajstić information content (AvgIpc) is 3.64. The highest BCUT2D eigenvalue weighted by molar-refractivity contribution is 6.07. The van der Waals surface area contributed by atoms with E-state index in [9.17, 15) is 23.6 Å². The van der Waals surface area contributed by atoms with Gasteiger partial charge in [-0.2, -0.15) is 0 Å². The first-order valence-corrected chi connectivity index (χ1v) is 14.4. The summed E-state index contributed by atoms with van der Waals surface area (Å²) in [4.78, 5) is 61.0. The summed E-state index contributed by atoms with van der Waals surface area (Å²) in [5.74, 6) is -1.63. The van der Waals surface area contributed by atoms with Gasteiger partial charge >= 0.3 is 6.17 Å². The molecule has 220 valence electrons. The fraction of sp³-hybridized carbons (Fsp3) is 0.469. The molecule has 1 saturated heterocycles. The lowest BCUT2D eigenvalue weighted by Crippen LogP contribution is -2.56. The minimum atomic E-state index is -1.02. The summed E-state index contributed by atoms with van der Waals surface area (Å²) in [6.45, 7) is 11.8. The van der Waals surface area contributed by atoms with E-state index in [1.165, 1.54) is 34.1 Å². The second-order valence-electron chi connectivity index (χ2n) is 12.2. The number of nitrogens with zero attached hydrogens (tertiary/aromatic N) is 3. The Morgan fingerprint density at radius 1 is 1.17 bits per heavy atom. The Bertz CT molecular complexity index is 1430. The number of halogens is 1. The Morgan fingerprint density at radius 2 is 1.86 bits per heavy atom. The lowest BCUT2D eigenvalue weighted by molar-refractivity contribution is -0.146. The molecule has 0 aromatic heterocycles. The highest BCUT2D eigenvalue weighted by Crippen LogP contribution is 2.47. The zero-order valence-corrected chi connectivity index (χ0v) is 24.1. The van der Waals surface area contributed by atoms with Gasteiger partial charge in [0, 0.05) is 24.8 Å². The lowest BCUT2D eigenvalue weighted by Gasteiger charge is -2.34. The molecule has 0 bridgehead atoms. The summed E-state index contributed by atoms with van der Waals surface area (Å²) in [5.41, 5.74) is 0.673. The van der Waals surface area contributed by atoms with Crippen molar-refractivity contribution in [2.75, 3.05) is 18.9 Å². The van der Waals surface area contributed by atoms with E-state index in [-0.39, 0.29) is 36.3 Å². The molecule has 2 aromatic rings. The number of hydrogen-bond donors (Lipinski definition) is 2. The van der Waals surface area contributed by atoms with E-state index in [2.05, 4.69) is 15.5 Å².